The molecule has 0 bridgehead atoms. The Morgan fingerprint density at radius 3 is 2.73 bits per heavy atom. The van der Waals surface area contributed by atoms with Crippen molar-refractivity contribution in [2.45, 2.75) is 20.3 Å². The number of ether oxygens (including phenoxy) is 1. The molecule has 0 fully saturated rings. The minimum absolute atomic E-state index is 0.489. The van der Waals surface area contributed by atoms with Crippen LogP contribution in [0, 0.1) is 5.92 Å². The molecule has 0 aliphatic carbocycles. The summed E-state index contributed by atoms with van der Waals surface area (Å²) in [6.07, 6.45) is 1.76. The van der Waals surface area contributed by atoms with E-state index in [1.54, 1.807) is 18.2 Å². The molecular formula is C12H15ClO2. The summed E-state index contributed by atoms with van der Waals surface area (Å²) in [5.41, 5.74) is 0.566. The van der Waals surface area contributed by atoms with Crippen molar-refractivity contribution in [1.82, 2.24) is 0 Å². The molecule has 0 amide bonds. The fraction of sp³-hybridized carbons (Fsp3) is 0.417. The number of benzene rings is 1. The molecule has 0 aliphatic rings. The SMILES string of the molecule is CC(C)CCOc1ccc(C=O)cc1Cl. The topological polar surface area (TPSA) is 26.3 Å². The van der Waals surface area contributed by atoms with Crippen LogP contribution in [0.25, 0.3) is 0 Å². The molecule has 82 valence electrons. The van der Waals surface area contributed by atoms with Crippen LogP contribution in [0.5, 0.6) is 5.75 Å². The molecule has 0 radical (unpaired) electrons. The number of hydrogen-bond donors (Lipinski definition) is 0. The van der Waals surface area contributed by atoms with E-state index in [0.717, 1.165) is 12.7 Å². The van der Waals surface area contributed by atoms with Gasteiger partial charge in [0.15, 0.2) is 0 Å². The lowest BCUT2D eigenvalue weighted by Crippen LogP contribution is -2.01. The third kappa shape index (κ3) is 3.92. The van der Waals surface area contributed by atoms with Crippen LogP contribution in [-0.4, -0.2) is 12.9 Å². The van der Waals surface area contributed by atoms with E-state index in [2.05, 4.69) is 13.8 Å². The van der Waals surface area contributed by atoms with Crippen molar-refractivity contribution < 1.29 is 9.53 Å². The van der Waals surface area contributed by atoms with Crippen molar-refractivity contribution in [3.8, 4) is 5.75 Å². The van der Waals surface area contributed by atoms with Crippen LogP contribution in [0.2, 0.25) is 5.02 Å². The molecule has 0 atom stereocenters. The van der Waals surface area contributed by atoms with E-state index in [9.17, 15) is 4.79 Å². The number of carbonyl (C=O) groups is 1. The fourth-order valence-electron chi connectivity index (χ4n) is 1.11. The third-order valence-corrected chi connectivity index (χ3v) is 2.34. The normalized spacial score (nSPS) is 10.4. The van der Waals surface area contributed by atoms with Crippen molar-refractivity contribution in [3.05, 3.63) is 28.8 Å². The number of halogens is 1. The van der Waals surface area contributed by atoms with Crippen molar-refractivity contribution in [2.75, 3.05) is 6.61 Å². The number of rotatable bonds is 5. The maximum Gasteiger partial charge on any atom is 0.150 e. The molecule has 1 aromatic rings. The predicted octanol–water partition coefficient (Wildman–Crippen LogP) is 3.58. The van der Waals surface area contributed by atoms with Crippen LogP contribution in [0.1, 0.15) is 30.6 Å². The highest BCUT2D eigenvalue weighted by atomic mass is 35.5. The van der Waals surface area contributed by atoms with Crippen molar-refractivity contribution in [2.24, 2.45) is 5.92 Å². The van der Waals surface area contributed by atoms with Gasteiger partial charge in [-0.2, -0.15) is 0 Å². The minimum Gasteiger partial charge on any atom is -0.492 e. The van der Waals surface area contributed by atoms with Crippen LogP contribution in [0.3, 0.4) is 0 Å². The largest absolute Gasteiger partial charge is 0.492 e. The number of aldehydes is 1. The monoisotopic (exact) mass is 226 g/mol. The highest BCUT2D eigenvalue weighted by Crippen LogP contribution is 2.25. The van der Waals surface area contributed by atoms with Gasteiger partial charge in [-0.15, -0.1) is 0 Å². The first-order valence-corrected chi connectivity index (χ1v) is 5.39. The molecule has 3 heteroatoms. The Morgan fingerprint density at radius 1 is 1.47 bits per heavy atom. The summed E-state index contributed by atoms with van der Waals surface area (Å²) in [6.45, 7) is 4.93. The van der Waals surface area contributed by atoms with Gasteiger partial charge in [-0.25, -0.2) is 0 Å². The fourth-order valence-corrected chi connectivity index (χ4v) is 1.36. The zero-order chi connectivity index (χ0) is 11.3. The molecule has 0 aromatic heterocycles. The molecule has 15 heavy (non-hydrogen) atoms. The molecular weight excluding hydrogens is 212 g/mol. The first-order chi connectivity index (χ1) is 7.13. The van der Waals surface area contributed by atoms with E-state index in [1.807, 2.05) is 0 Å². The molecule has 0 unspecified atom stereocenters. The smallest absolute Gasteiger partial charge is 0.150 e. The average molecular weight is 227 g/mol. The van der Waals surface area contributed by atoms with Crippen molar-refractivity contribution in [3.63, 3.8) is 0 Å². The molecule has 0 spiro atoms. The van der Waals surface area contributed by atoms with Crippen molar-refractivity contribution >= 4 is 17.9 Å². The maximum atomic E-state index is 10.5. The lowest BCUT2D eigenvalue weighted by Gasteiger charge is -2.09. The second-order valence-corrected chi connectivity index (χ2v) is 4.25. The highest BCUT2D eigenvalue weighted by molar-refractivity contribution is 6.32. The lowest BCUT2D eigenvalue weighted by atomic mass is 10.1. The summed E-state index contributed by atoms with van der Waals surface area (Å²) in [4.78, 5) is 10.5. The maximum absolute atomic E-state index is 10.5. The Labute approximate surface area is 95.2 Å². The Morgan fingerprint density at radius 2 is 2.20 bits per heavy atom. The summed E-state index contributed by atoms with van der Waals surface area (Å²) in [6, 6.07) is 5.04. The Balaban J connectivity index is 2.58. The van der Waals surface area contributed by atoms with Gasteiger partial charge in [-0.1, -0.05) is 25.4 Å². The molecule has 0 N–H and O–H groups in total. The van der Waals surface area contributed by atoms with E-state index in [0.29, 0.717) is 28.9 Å². The number of carbonyl (C=O) groups excluding carboxylic acids is 1. The van der Waals surface area contributed by atoms with Crippen LogP contribution in [0.15, 0.2) is 18.2 Å². The molecule has 2 nitrogen and oxygen atoms in total. The van der Waals surface area contributed by atoms with E-state index in [-0.39, 0.29) is 0 Å². The Kier molecular flexibility index (Phi) is 4.63. The molecule has 1 rings (SSSR count). The van der Waals surface area contributed by atoms with Crippen LogP contribution in [-0.2, 0) is 0 Å². The predicted molar refractivity (Wildman–Crippen MR) is 61.8 cm³/mol. The molecule has 0 saturated heterocycles. The van der Waals surface area contributed by atoms with E-state index in [4.69, 9.17) is 16.3 Å². The minimum atomic E-state index is 0.489. The molecule has 0 heterocycles. The van der Waals surface area contributed by atoms with Gasteiger partial charge in [0, 0.05) is 5.56 Å². The van der Waals surface area contributed by atoms with Gasteiger partial charge >= 0.3 is 0 Å². The standard InChI is InChI=1S/C12H15ClO2/c1-9(2)5-6-15-12-4-3-10(8-14)7-11(12)13/h3-4,7-9H,5-6H2,1-2H3. The summed E-state index contributed by atoms with van der Waals surface area (Å²) >= 11 is 5.94. The number of hydrogen-bond acceptors (Lipinski definition) is 2. The van der Waals surface area contributed by atoms with Gasteiger partial charge in [-0.05, 0) is 30.5 Å². The van der Waals surface area contributed by atoms with Crippen LogP contribution < -0.4 is 4.74 Å². The summed E-state index contributed by atoms with van der Waals surface area (Å²) in [7, 11) is 0. The second-order valence-electron chi connectivity index (χ2n) is 3.84. The van der Waals surface area contributed by atoms with Gasteiger partial charge in [0.25, 0.3) is 0 Å². The van der Waals surface area contributed by atoms with Gasteiger partial charge in [0.1, 0.15) is 12.0 Å². The second kappa shape index (κ2) is 5.76. The van der Waals surface area contributed by atoms with E-state index < -0.39 is 0 Å². The molecule has 0 saturated carbocycles. The van der Waals surface area contributed by atoms with Gasteiger partial charge in [0.05, 0.1) is 11.6 Å². The van der Waals surface area contributed by atoms with Crippen LogP contribution in [0.4, 0.5) is 0 Å². The summed E-state index contributed by atoms with van der Waals surface area (Å²) < 4.78 is 5.50. The van der Waals surface area contributed by atoms with Gasteiger partial charge in [-0.3, -0.25) is 4.79 Å². The Bertz CT molecular complexity index is 334. The quantitative estimate of drug-likeness (QED) is 0.718. The first-order valence-electron chi connectivity index (χ1n) is 5.01. The highest BCUT2D eigenvalue weighted by Gasteiger charge is 2.03. The third-order valence-electron chi connectivity index (χ3n) is 2.04. The molecule has 1 aromatic carbocycles. The first kappa shape index (κ1) is 12.1. The van der Waals surface area contributed by atoms with E-state index >= 15 is 0 Å². The van der Waals surface area contributed by atoms with E-state index in [1.165, 1.54) is 0 Å². The zero-order valence-corrected chi connectivity index (χ0v) is 9.75. The van der Waals surface area contributed by atoms with Gasteiger partial charge in [0.2, 0.25) is 0 Å². The Hall–Kier alpha value is -1.02. The van der Waals surface area contributed by atoms with Gasteiger partial charge < -0.3 is 4.74 Å². The lowest BCUT2D eigenvalue weighted by molar-refractivity contribution is 0.112. The van der Waals surface area contributed by atoms with Crippen molar-refractivity contribution in [1.29, 1.82) is 0 Å². The summed E-state index contributed by atoms with van der Waals surface area (Å²) in [5, 5.41) is 0.489. The summed E-state index contributed by atoms with van der Waals surface area (Å²) in [5.74, 6) is 1.25. The van der Waals surface area contributed by atoms with Crippen LogP contribution >= 0.6 is 11.6 Å². The molecule has 0 aliphatic heterocycles. The zero-order valence-electron chi connectivity index (χ0n) is 9.00. The average Bonchev–Trinajstić information content (AvgIpc) is 2.20.